The zero-order valence-electron chi connectivity index (χ0n) is 13.1. The van der Waals surface area contributed by atoms with Crippen molar-refractivity contribution in [1.82, 2.24) is 0 Å². The molecule has 0 spiro atoms. The summed E-state index contributed by atoms with van der Waals surface area (Å²) in [6.07, 6.45) is 1.75. The third-order valence-corrected chi connectivity index (χ3v) is 3.80. The Hall–Kier alpha value is -2.21. The van der Waals surface area contributed by atoms with Gasteiger partial charge in [0.15, 0.2) is 0 Å². The predicted molar refractivity (Wildman–Crippen MR) is 90.7 cm³/mol. The molecule has 0 fully saturated rings. The van der Waals surface area contributed by atoms with E-state index in [-0.39, 0.29) is 11.3 Å². The number of carbonyl (C=O) groups is 2. The summed E-state index contributed by atoms with van der Waals surface area (Å²) in [5, 5.41) is 0. The van der Waals surface area contributed by atoms with E-state index in [1.165, 1.54) is 42.5 Å². The molecule has 0 N–H and O–H groups in total. The van der Waals surface area contributed by atoms with Gasteiger partial charge in [-0.2, -0.15) is 0 Å². The van der Waals surface area contributed by atoms with Crippen molar-refractivity contribution in [2.75, 3.05) is 6.61 Å². The lowest BCUT2D eigenvalue weighted by Gasteiger charge is -2.07. The van der Waals surface area contributed by atoms with E-state index in [1.54, 1.807) is 0 Å². The number of carbonyl (C=O) groups excluding carboxylic acids is 2. The smallest absolute Gasteiger partial charge is 0.343 e. The van der Waals surface area contributed by atoms with Crippen LogP contribution in [0.15, 0.2) is 46.9 Å². The summed E-state index contributed by atoms with van der Waals surface area (Å²) in [6, 6.07) is 9.74. The number of benzene rings is 2. The highest BCUT2D eigenvalue weighted by molar-refractivity contribution is 9.10. The van der Waals surface area contributed by atoms with Crippen LogP contribution in [0.4, 0.5) is 4.39 Å². The van der Waals surface area contributed by atoms with Gasteiger partial charge < -0.3 is 9.47 Å². The summed E-state index contributed by atoms with van der Waals surface area (Å²) in [6.45, 7) is 2.38. The van der Waals surface area contributed by atoms with Crippen LogP contribution in [-0.2, 0) is 4.74 Å². The molecule has 0 amide bonds. The van der Waals surface area contributed by atoms with Crippen LogP contribution in [0.5, 0.6) is 5.75 Å². The number of rotatable bonds is 6. The maximum atomic E-state index is 13.0. The van der Waals surface area contributed by atoms with E-state index in [0.29, 0.717) is 16.6 Å². The third-order valence-electron chi connectivity index (χ3n) is 3.18. The monoisotopic (exact) mass is 394 g/mol. The molecule has 0 aliphatic carbocycles. The minimum atomic E-state index is -0.604. The molecule has 0 aliphatic rings. The summed E-state index contributed by atoms with van der Waals surface area (Å²) in [5.41, 5.74) is 0.641. The highest BCUT2D eigenvalue weighted by Gasteiger charge is 2.13. The summed E-state index contributed by atoms with van der Waals surface area (Å²) in [7, 11) is 0. The number of esters is 2. The molecule has 0 aliphatic heterocycles. The van der Waals surface area contributed by atoms with Crippen LogP contribution in [0.3, 0.4) is 0 Å². The van der Waals surface area contributed by atoms with E-state index in [1.807, 2.05) is 6.92 Å². The average Bonchev–Trinajstić information content (AvgIpc) is 2.57. The Labute approximate surface area is 147 Å². The molecule has 0 radical (unpaired) electrons. The molecule has 24 heavy (non-hydrogen) atoms. The number of hydrogen-bond acceptors (Lipinski definition) is 4. The van der Waals surface area contributed by atoms with Gasteiger partial charge in [-0.1, -0.05) is 13.3 Å². The Balaban J connectivity index is 2.01. The van der Waals surface area contributed by atoms with Gasteiger partial charge in [-0.3, -0.25) is 0 Å². The fourth-order valence-corrected chi connectivity index (χ4v) is 2.28. The summed E-state index contributed by atoms with van der Waals surface area (Å²) >= 11 is 3.13. The predicted octanol–water partition coefficient (Wildman–Crippen LogP) is 4.76. The van der Waals surface area contributed by atoms with Crippen molar-refractivity contribution in [3.05, 3.63) is 63.9 Å². The van der Waals surface area contributed by atoms with Crippen molar-refractivity contribution >= 4 is 27.9 Å². The van der Waals surface area contributed by atoms with Gasteiger partial charge in [0.1, 0.15) is 11.6 Å². The van der Waals surface area contributed by atoms with Crippen molar-refractivity contribution in [1.29, 1.82) is 0 Å². The first-order chi connectivity index (χ1) is 11.5. The van der Waals surface area contributed by atoms with E-state index in [4.69, 9.17) is 9.47 Å². The van der Waals surface area contributed by atoms with Crippen molar-refractivity contribution < 1.29 is 23.5 Å². The van der Waals surface area contributed by atoms with Crippen LogP contribution in [0.2, 0.25) is 0 Å². The molecule has 4 nitrogen and oxygen atoms in total. The Morgan fingerprint density at radius 3 is 2.25 bits per heavy atom. The van der Waals surface area contributed by atoms with Crippen molar-refractivity contribution in [2.24, 2.45) is 0 Å². The molecular weight excluding hydrogens is 379 g/mol. The standard InChI is InChI=1S/C18H16BrFO4/c1-2-3-10-23-17(21)12-4-6-13(7-5-12)18(22)24-16-9-8-14(20)11-15(16)19/h4-9,11H,2-3,10H2,1H3. The van der Waals surface area contributed by atoms with Crippen molar-refractivity contribution in [3.8, 4) is 5.75 Å². The van der Waals surface area contributed by atoms with Gasteiger partial charge in [0.2, 0.25) is 0 Å². The van der Waals surface area contributed by atoms with E-state index in [0.717, 1.165) is 12.8 Å². The minimum Gasteiger partial charge on any atom is -0.462 e. The normalized spacial score (nSPS) is 10.3. The number of halogens is 2. The van der Waals surface area contributed by atoms with E-state index >= 15 is 0 Å². The topological polar surface area (TPSA) is 52.6 Å². The lowest BCUT2D eigenvalue weighted by atomic mass is 10.1. The minimum absolute atomic E-state index is 0.212. The second kappa shape index (κ2) is 8.59. The molecule has 0 saturated heterocycles. The molecular formula is C18H16BrFO4. The van der Waals surface area contributed by atoms with E-state index in [2.05, 4.69) is 15.9 Å². The largest absolute Gasteiger partial charge is 0.462 e. The first kappa shape index (κ1) is 18.1. The Bertz CT molecular complexity index is 728. The highest BCUT2D eigenvalue weighted by Crippen LogP contribution is 2.26. The van der Waals surface area contributed by atoms with Crippen LogP contribution >= 0.6 is 15.9 Å². The van der Waals surface area contributed by atoms with Crippen LogP contribution in [0.25, 0.3) is 0 Å². The second-order valence-corrected chi connectivity index (χ2v) is 5.89. The fraction of sp³-hybridized carbons (Fsp3) is 0.222. The molecule has 126 valence electrons. The van der Waals surface area contributed by atoms with Gasteiger partial charge in [0.05, 0.1) is 22.2 Å². The van der Waals surface area contributed by atoms with Gasteiger partial charge in [0, 0.05) is 0 Å². The quantitative estimate of drug-likeness (QED) is 0.402. The molecule has 0 aromatic heterocycles. The molecule has 0 bridgehead atoms. The van der Waals surface area contributed by atoms with Crippen molar-refractivity contribution in [3.63, 3.8) is 0 Å². The van der Waals surface area contributed by atoms with E-state index < -0.39 is 17.8 Å². The molecule has 2 aromatic carbocycles. The Kier molecular flexibility index (Phi) is 6.49. The first-order valence-electron chi connectivity index (χ1n) is 7.45. The fourth-order valence-electron chi connectivity index (χ4n) is 1.85. The third kappa shape index (κ3) is 4.89. The van der Waals surface area contributed by atoms with Gasteiger partial charge in [-0.25, -0.2) is 14.0 Å². The Morgan fingerprint density at radius 1 is 1.04 bits per heavy atom. The SMILES string of the molecule is CCCCOC(=O)c1ccc(C(=O)Oc2ccc(F)cc2Br)cc1. The first-order valence-corrected chi connectivity index (χ1v) is 8.25. The van der Waals surface area contributed by atoms with Crippen LogP contribution in [-0.4, -0.2) is 18.5 Å². The summed E-state index contributed by atoms with van der Waals surface area (Å²) < 4.78 is 23.7. The molecule has 0 atom stereocenters. The Morgan fingerprint density at radius 2 is 1.67 bits per heavy atom. The molecule has 6 heteroatoms. The maximum absolute atomic E-state index is 13.0. The summed E-state index contributed by atoms with van der Waals surface area (Å²) in [4.78, 5) is 23.9. The molecule has 0 saturated carbocycles. The van der Waals surface area contributed by atoms with Crippen LogP contribution in [0.1, 0.15) is 40.5 Å². The van der Waals surface area contributed by atoms with E-state index in [9.17, 15) is 14.0 Å². The second-order valence-electron chi connectivity index (χ2n) is 5.03. The van der Waals surface area contributed by atoms with Gasteiger partial charge in [-0.15, -0.1) is 0 Å². The number of hydrogen-bond donors (Lipinski definition) is 0. The lowest BCUT2D eigenvalue weighted by molar-refractivity contribution is 0.0499. The zero-order valence-corrected chi connectivity index (χ0v) is 14.6. The highest BCUT2D eigenvalue weighted by atomic mass is 79.9. The van der Waals surface area contributed by atoms with Crippen LogP contribution in [0, 0.1) is 5.82 Å². The molecule has 0 heterocycles. The lowest BCUT2D eigenvalue weighted by Crippen LogP contribution is -2.10. The zero-order chi connectivity index (χ0) is 17.5. The number of unbranched alkanes of at least 4 members (excludes halogenated alkanes) is 1. The van der Waals surface area contributed by atoms with Crippen molar-refractivity contribution in [2.45, 2.75) is 19.8 Å². The van der Waals surface area contributed by atoms with Gasteiger partial charge >= 0.3 is 11.9 Å². The average molecular weight is 395 g/mol. The van der Waals surface area contributed by atoms with Gasteiger partial charge in [-0.05, 0) is 64.8 Å². The number of ether oxygens (including phenoxy) is 2. The maximum Gasteiger partial charge on any atom is 0.343 e. The molecule has 2 rings (SSSR count). The molecule has 0 unspecified atom stereocenters. The molecule has 2 aromatic rings. The van der Waals surface area contributed by atoms with Crippen LogP contribution < -0.4 is 4.74 Å². The summed E-state index contributed by atoms with van der Waals surface area (Å²) in [5.74, 6) is -1.25. The van der Waals surface area contributed by atoms with Gasteiger partial charge in [0.25, 0.3) is 0 Å².